The Morgan fingerprint density at radius 3 is 2.56 bits per heavy atom. The highest BCUT2D eigenvalue weighted by Crippen LogP contribution is 2.28. The van der Waals surface area contributed by atoms with E-state index in [1.54, 1.807) is 4.90 Å². The number of nitrogens with two attached hydrogens (primary N) is 1. The second kappa shape index (κ2) is 18.6. The minimum absolute atomic E-state index is 0.00625. The van der Waals surface area contributed by atoms with E-state index >= 15 is 0 Å². The fourth-order valence-electron chi connectivity index (χ4n) is 3.92. The fourth-order valence-corrected chi connectivity index (χ4v) is 3.92. The van der Waals surface area contributed by atoms with Crippen molar-refractivity contribution in [3.8, 4) is 5.75 Å². The maximum Gasteiger partial charge on any atom is 0.306 e. The lowest BCUT2D eigenvalue weighted by Gasteiger charge is -2.24. The Kier molecular flexibility index (Phi) is 15.1. The lowest BCUT2D eigenvalue weighted by molar-refractivity contribution is -0.147. The summed E-state index contributed by atoms with van der Waals surface area (Å²) in [6.07, 6.45) is 1.11. The normalized spacial score (nSPS) is 14.6. The summed E-state index contributed by atoms with van der Waals surface area (Å²) in [5.74, 6) is -0.457. The number of carbonyl (C=O) groups is 2. The summed E-state index contributed by atoms with van der Waals surface area (Å²) in [5.41, 5.74) is 15.4. The molecular weight excluding hydrogens is 510 g/mol. The van der Waals surface area contributed by atoms with Crippen LogP contribution < -0.4 is 15.8 Å². The van der Waals surface area contributed by atoms with Gasteiger partial charge in [0, 0.05) is 31.1 Å². The number of nitrogens with zero attached hydrogens (tertiary/aromatic N) is 4. The second-order valence-corrected chi connectivity index (χ2v) is 8.71. The standard InChI is InChI=1S/C25H39N7O7/c1-35-23(33)17-20-15-19-3-4-22(39-8-2-5-29-25(26)27)16-21(19)18-32(24(20)34)7-10-37-12-14-38-13-11-36-9-6-30-31-28/h3-4,16,20H,2,5-15,17-18H2,1H3,(H4,26,27,29)/t20-/m0/s1. The molecular formula is C25H39N7O7. The number of carbonyl (C=O) groups excluding carboxylic acids is 2. The fraction of sp³-hybridized carbons (Fsp3) is 0.640. The van der Waals surface area contributed by atoms with E-state index < -0.39 is 11.9 Å². The van der Waals surface area contributed by atoms with E-state index in [0.717, 1.165) is 11.1 Å². The van der Waals surface area contributed by atoms with E-state index in [9.17, 15) is 9.59 Å². The first-order valence-corrected chi connectivity index (χ1v) is 12.9. The third-order valence-corrected chi connectivity index (χ3v) is 5.86. The minimum Gasteiger partial charge on any atom is -0.494 e. The Bertz CT molecular complexity index is 972. The Morgan fingerprint density at radius 1 is 1.15 bits per heavy atom. The van der Waals surface area contributed by atoms with E-state index in [1.807, 2.05) is 18.2 Å². The molecule has 1 atom stereocenters. The van der Waals surface area contributed by atoms with Gasteiger partial charge in [0.25, 0.3) is 0 Å². The van der Waals surface area contributed by atoms with E-state index in [2.05, 4.69) is 15.3 Å². The highest BCUT2D eigenvalue weighted by Gasteiger charge is 2.31. The lowest BCUT2D eigenvalue weighted by Crippen LogP contribution is -2.38. The molecule has 14 nitrogen and oxygen atoms in total. The average molecular weight is 550 g/mol. The van der Waals surface area contributed by atoms with E-state index in [4.69, 9.17) is 40.4 Å². The first-order chi connectivity index (χ1) is 18.9. The van der Waals surface area contributed by atoms with Gasteiger partial charge in [0.15, 0.2) is 5.96 Å². The first-order valence-electron chi connectivity index (χ1n) is 12.9. The van der Waals surface area contributed by atoms with Crippen molar-refractivity contribution >= 4 is 17.8 Å². The van der Waals surface area contributed by atoms with Crippen LogP contribution in [0.1, 0.15) is 24.0 Å². The van der Waals surface area contributed by atoms with Gasteiger partial charge >= 0.3 is 5.97 Å². The molecule has 1 aromatic carbocycles. The molecule has 0 fully saturated rings. The van der Waals surface area contributed by atoms with Gasteiger partial charge in [-0.1, -0.05) is 11.2 Å². The van der Waals surface area contributed by atoms with Crippen LogP contribution in [0.25, 0.3) is 10.4 Å². The lowest BCUT2D eigenvalue weighted by atomic mass is 9.94. The van der Waals surface area contributed by atoms with Crippen LogP contribution in [-0.4, -0.2) is 95.7 Å². The molecule has 0 spiro atoms. The number of hydrogen-bond donors (Lipinski definition) is 3. The zero-order valence-corrected chi connectivity index (χ0v) is 22.4. The molecule has 1 aliphatic heterocycles. The van der Waals surface area contributed by atoms with Crippen molar-refractivity contribution < 1.29 is 33.3 Å². The topological polar surface area (TPSA) is 194 Å². The van der Waals surface area contributed by atoms with E-state index in [1.165, 1.54) is 7.11 Å². The molecule has 0 aliphatic carbocycles. The highest BCUT2D eigenvalue weighted by atomic mass is 16.5. The molecule has 0 saturated heterocycles. The second-order valence-electron chi connectivity index (χ2n) is 8.71. The Labute approximate surface area is 228 Å². The molecule has 1 amide bonds. The van der Waals surface area contributed by atoms with Gasteiger partial charge in [0.05, 0.1) is 65.7 Å². The van der Waals surface area contributed by atoms with Crippen LogP contribution in [0.2, 0.25) is 0 Å². The molecule has 0 saturated carbocycles. The molecule has 1 aliphatic rings. The smallest absolute Gasteiger partial charge is 0.306 e. The molecule has 4 N–H and O–H groups in total. The number of methoxy groups -OCH3 is 1. The monoisotopic (exact) mass is 549 g/mol. The van der Waals surface area contributed by atoms with E-state index in [-0.39, 0.29) is 24.8 Å². The van der Waals surface area contributed by atoms with Gasteiger partial charge in [0.1, 0.15) is 5.75 Å². The largest absolute Gasteiger partial charge is 0.494 e. The summed E-state index contributed by atoms with van der Waals surface area (Å²) >= 11 is 0. The zero-order valence-electron chi connectivity index (χ0n) is 22.4. The van der Waals surface area contributed by atoms with Crippen LogP contribution in [0.5, 0.6) is 5.75 Å². The van der Waals surface area contributed by atoms with Crippen molar-refractivity contribution in [1.82, 2.24) is 10.2 Å². The van der Waals surface area contributed by atoms with Crippen LogP contribution in [0.3, 0.4) is 0 Å². The van der Waals surface area contributed by atoms with Gasteiger partial charge in [-0.3, -0.25) is 15.0 Å². The van der Waals surface area contributed by atoms with Crippen LogP contribution in [0.4, 0.5) is 0 Å². The summed E-state index contributed by atoms with van der Waals surface area (Å²) in [6, 6.07) is 5.73. The molecule has 1 heterocycles. The average Bonchev–Trinajstić information content (AvgIpc) is 3.04. The van der Waals surface area contributed by atoms with Crippen LogP contribution >= 0.6 is 0 Å². The third-order valence-electron chi connectivity index (χ3n) is 5.86. The van der Waals surface area contributed by atoms with Crippen molar-refractivity contribution in [3.63, 3.8) is 0 Å². The van der Waals surface area contributed by atoms with Crippen molar-refractivity contribution in [2.75, 3.05) is 73.0 Å². The number of rotatable bonds is 19. The van der Waals surface area contributed by atoms with E-state index in [0.29, 0.717) is 84.5 Å². The SMILES string of the molecule is COC(=O)C[C@@H]1Cc2ccc(OCCCNC(=N)N)cc2CN(CCOCCOCCOCCN=[N+]=[N-])C1=O. The van der Waals surface area contributed by atoms with Crippen LogP contribution in [0.15, 0.2) is 23.3 Å². The number of esters is 1. The van der Waals surface area contributed by atoms with Gasteiger partial charge in [-0.05, 0) is 41.6 Å². The van der Waals surface area contributed by atoms with Crippen LogP contribution in [0, 0.1) is 11.3 Å². The minimum atomic E-state index is -0.523. The van der Waals surface area contributed by atoms with Gasteiger partial charge < -0.3 is 39.6 Å². The summed E-state index contributed by atoms with van der Waals surface area (Å²) in [7, 11) is 1.32. The quantitative estimate of drug-likeness (QED) is 0.0434. The summed E-state index contributed by atoms with van der Waals surface area (Å²) in [5, 5.41) is 13.3. The molecule has 14 heteroatoms. The predicted molar refractivity (Wildman–Crippen MR) is 142 cm³/mol. The zero-order chi connectivity index (χ0) is 28.3. The number of azide groups is 1. The molecule has 39 heavy (non-hydrogen) atoms. The Hall–Kier alpha value is -3.58. The number of fused-ring (bicyclic) bond motifs is 1. The van der Waals surface area contributed by atoms with Gasteiger partial charge in [-0.25, -0.2) is 0 Å². The first kappa shape index (κ1) is 31.6. The number of benzene rings is 1. The van der Waals surface area contributed by atoms with Crippen LogP contribution in [-0.2, 0) is 41.5 Å². The van der Waals surface area contributed by atoms with Gasteiger partial charge in [0.2, 0.25) is 5.91 Å². The molecule has 0 unspecified atom stereocenters. The number of hydrogen-bond acceptors (Lipinski definition) is 9. The van der Waals surface area contributed by atoms with Crippen molar-refractivity contribution in [2.24, 2.45) is 16.8 Å². The molecule has 0 radical (unpaired) electrons. The molecule has 1 aromatic rings. The third kappa shape index (κ3) is 12.7. The molecule has 0 bridgehead atoms. The number of nitrogens with one attached hydrogen (secondary N) is 2. The van der Waals surface area contributed by atoms with Crippen molar-refractivity contribution in [1.29, 1.82) is 5.41 Å². The van der Waals surface area contributed by atoms with Gasteiger partial charge in [-0.15, -0.1) is 0 Å². The summed E-state index contributed by atoms with van der Waals surface area (Å²) in [6.45, 7) is 4.20. The molecule has 0 aromatic heterocycles. The van der Waals surface area contributed by atoms with Crippen molar-refractivity contribution in [2.45, 2.75) is 25.8 Å². The maximum atomic E-state index is 13.3. The van der Waals surface area contributed by atoms with Gasteiger partial charge in [-0.2, -0.15) is 0 Å². The number of ether oxygens (including phenoxy) is 5. The Morgan fingerprint density at radius 2 is 1.87 bits per heavy atom. The number of guanidine groups is 1. The summed E-state index contributed by atoms with van der Waals surface area (Å²) < 4.78 is 27.0. The molecule has 216 valence electrons. The van der Waals surface area contributed by atoms with Crippen molar-refractivity contribution in [3.05, 3.63) is 39.8 Å². The molecule has 2 rings (SSSR count). The number of amides is 1. The maximum absolute atomic E-state index is 13.3. The Balaban J connectivity index is 1.86. The highest BCUT2D eigenvalue weighted by molar-refractivity contribution is 5.84. The summed E-state index contributed by atoms with van der Waals surface area (Å²) in [4.78, 5) is 29.7. The predicted octanol–water partition coefficient (Wildman–Crippen LogP) is 1.36.